The molecule has 3 N–H and O–H groups in total. The maximum Gasteiger partial charge on any atom is 0.342 e. The van der Waals surface area contributed by atoms with Gasteiger partial charge in [0.25, 0.3) is 0 Å². The molecule has 0 aliphatic heterocycles. The van der Waals surface area contributed by atoms with Crippen LogP contribution in [0.25, 0.3) is 0 Å². The minimum Gasteiger partial charge on any atom is -0.396 e. The first-order valence-corrected chi connectivity index (χ1v) is 4.21. The van der Waals surface area contributed by atoms with Crippen LogP contribution in [0.15, 0.2) is 0 Å². The molecule has 5 heteroatoms. The Morgan fingerprint density at radius 3 is 2.15 bits per heavy atom. The molecule has 0 spiro atoms. The fourth-order valence-electron chi connectivity index (χ4n) is 0.437. The van der Waals surface area contributed by atoms with E-state index in [0.29, 0.717) is 12.8 Å². The molecule has 1 atom stereocenters. The van der Waals surface area contributed by atoms with Crippen molar-refractivity contribution in [1.29, 1.82) is 0 Å². The molecule has 0 aliphatic carbocycles. The summed E-state index contributed by atoms with van der Waals surface area (Å²) in [5, 5.41) is 24.1. The molecular weight excluding hydrogens is 176 g/mol. The van der Waals surface area contributed by atoms with Gasteiger partial charge in [0, 0.05) is 13.0 Å². The minimum absolute atomic E-state index is 0.0810. The summed E-state index contributed by atoms with van der Waals surface area (Å²) in [5.74, 6) is -0.567. The topological polar surface area (TPSA) is 87.0 Å². The van der Waals surface area contributed by atoms with E-state index in [1.54, 1.807) is 6.92 Å². The average molecular weight is 194 g/mol. The minimum atomic E-state index is -0.567. The first-order valence-electron chi connectivity index (χ1n) is 4.21. The zero-order valence-electron chi connectivity index (χ0n) is 8.06. The van der Waals surface area contributed by atoms with Crippen molar-refractivity contribution in [2.24, 2.45) is 0 Å². The number of hydrogen-bond acceptors (Lipinski definition) is 5. The molecule has 0 aromatic heterocycles. The zero-order chi connectivity index (χ0) is 10.7. The monoisotopic (exact) mass is 194 g/mol. The first kappa shape index (κ1) is 14.9. The van der Waals surface area contributed by atoms with E-state index >= 15 is 0 Å². The molecule has 0 rings (SSSR count). The standard InChI is InChI=1S/C4H8O3.C4H10O2/c1-2-3-4(5)7-6;1-4(6)2-3-5/h6H,2-3H2,1H3;4-6H,2-3H2,1H3. The molecule has 0 saturated heterocycles. The van der Waals surface area contributed by atoms with Crippen LogP contribution in [0.1, 0.15) is 33.1 Å². The summed E-state index contributed by atoms with van der Waals surface area (Å²) >= 11 is 0. The van der Waals surface area contributed by atoms with Gasteiger partial charge in [-0.2, -0.15) is 5.26 Å². The molecule has 0 aromatic carbocycles. The van der Waals surface area contributed by atoms with Gasteiger partial charge in [-0.15, -0.1) is 0 Å². The van der Waals surface area contributed by atoms with E-state index in [2.05, 4.69) is 4.89 Å². The highest BCUT2D eigenvalue weighted by atomic mass is 17.1. The number of carbonyl (C=O) groups is 1. The number of carbonyl (C=O) groups excluding carboxylic acids is 1. The smallest absolute Gasteiger partial charge is 0.342 e. The van der Waals surface area contributed by atoms with Crippen LogP contribution in [0.4, 0.5) is 0 Å². The van der Waals surface area contributed by atoms with Crippen molar-refractivity contribution < 1.29 is 25.2 Å². The van der Waals surface area contributed by atoms with E-state index in [1.165, 1.54) is 0 Å². The fraction of sp³-hybridized carbons (Fsp3) is 0.875. The van der Waals surface area contributed by atoms with E-state index < -0.39 is 5.97 Å². The van der Waals surface area contributed by atoms with Crippen LogP contribution in [0.3, 0.4) is 0 Å². The highest BCUT2D eigenvalue weighted by molar-refractivity contribution is 5.68. The largest absolute Gasteiger partial charge is 0.396 e. The van der Waals surface area contributed by atoms with Crippen LogP contribution in [0.5, 0.6) is 0 Å². The first-order chi connectivity index (χ1) is 6.08. The van der Waals surface area contributed by atoms with Gasteiger partial charge in [0.05, 0.1) is 6.10 Å². The Morgan fingerprint density at radius 1 is 1.54 bits per heavy atom. The average Bonchev–Trinajstić information content (AvgIpc) is 2.05. The summed E-state index contributed by atoms with van der Waals surface area (Å²) in [6.45, 7) is 3.56. The predicted molar refractivity (Wildman–Crippen MR) is 47.0 cm³/mol. The SMILES string of the molecule is CC(O)CCO.CCCC(=O)OO. The lowest BCUT2D eigenvalue weighted by Gasteiger charge is -1.95. The maximum absolute atomic E-state index is 9.94. The highest BCUT2D eigenvalue weighted by Gasteiger charge is 1.95. The van der Waals surface area contributed by atoms with Crippen LogP contribution < -0.4 is 0 Å². The Kier molecular flexibility index (Phi) is 13.0. The van der Waals surface area contributed by atoms with Crippen LogP contribution in [0.2, 0.25) is 0 Å². The third-order valence-electron chi connectivity index (χ3n) is 1.10. The summed E-state index contributed by atoms with van der Waals surface area (Å²) in [6, 6.07) is 0. The van der Waals surface area contributed by atoms with E-state index in [1.807, 2.05) is 6.92 Å². The van der Waals surface area contributed by atoms with E-state index in [9.17, 15) is 4.79 Å². The van der Waals surface area contributed by atoms with Crippen molar-refractivity contribution in [1.82, 2.24) is 0 Å². The summed E-state index contributed by atoms with van der Waals surface area (Å²) in [6.07, 6.45) is 1.13. The summed E-state index contributed by atoms with van der Waals surface area (Å²) in [4.78, 5) is 13.3. The van der Waals surface area contributed by atoms with Gasteiger partial charge in [0.15, 0.2) is 0 Å². The van der Waals surface area contributed by atoms with Gasteiger partial charge in [-0.1, -0.05) is 6.92 Å². The van der Waals surface area contributed by atoms with E-state index in [-0.39, 0.29) is 19.1 Å². The number of aliphatic hydroxyl groups is 2. The van der Waals surface area contributed by atoms with Gasteiger partial charge in [-0.3, -0.25) is 0 Å². The highest BCUT2D eigenvalue weighted by Crippen LogP contribution is 1.86. The number of hydrogen-bond donors (Lipinski definition) is 3. The molecule has 13 heavy (non-hydrogen) atoms. The van der Waals surface area contributed by atoms with Crippen molar-refractivity contribution in [3.05, 3.63) is 0 Å². The molecule has 0 aromatic rings. The van der Waals surface area contributed by atoms with Gasteiger partial charge in [0.2, 0.25) is 0 Å². The lowest BCUT2D eigenvalue weighted by Crippen LogP contribution is -2.00. The zero-order valence-corrected chi connectivity index (χ0v) is 8.06. The summed E-state index contributed by atoms with van der Waals surface area (Å²) in [7, 11) is 0. The molecule has 5 nitrogen and oxygen atoms in total. The third-order valence-corrected chi connectivity index (χ3v) is 1.10. The second-order valence-corrected chi connectivity index (χ2v) is 2.57. The molecule has 0 fully saturated rings. The Bertz CT molecular complexity index is 113. The van der Waals surface area contributed by atoms with Crippen molar-refractivity contribution in [2.75, 3.05) is 6.61 Å². The van der Waals surface area contributed by atoms with Gasteiger partial charge in [-0.25, -0.2) is 4.79 Å². The van der Waals surface area contributed by atoms with Crippen LogP contribution in [-0.2, 0) is 9.68 Å². The Morgan fingerprint density at radius 2 is 2.08 bits per heavy atom. The molecule has 0 aliphatic rings. The van der Waals surface area contributed by atoms with Gasteiger partial charge >= 0.3 is 5.97 Å². The number of aliphatic hydroxyl groups excluding tert-OH is 2. The van der Waals surface area contributed by atoms with Gasteiger partial charge in [0.1, 0.15) is 0 Å². The normalized spacial score (nSPS) is 11.2. The fourth-order valence-corrected chi connectivity index (χ4v) is 0.437. The Hall–Kier alpha value is -0.650. The lowest BCUT2D eigenvalue weighted by molar-refractivity contribution is -0.234. The van der Waals surface area contributed by atoms with Crippen LogP contribution in [0, 0.1) is 0 Å². The second-order valence-electron chi connectivity index (χ2n) is 2.57. The molecule has 0 saturated carbocycles. The van der Waals surface area contributed by atoms with Gasteiger partial charge in [-0.05, 0) is 19.8 Å². The molecule has 0 amide bonds. The number of rotatable bonds is 4. The molecule has 1 unspecified atom stereocenters. The van der Waals surface area contributed by atoms with Crippen molar-refractivity contribution in [2.45, 2.75) is 39.2 Å². The maximum atomic E-state index is 9.94. The Balaban J connectivity index is 0. The quantitative estimate of drug-likeness (QED) is 0.449. The second kappa shape index (κ2) is 11.4. The molecule has 0 radical (unpaired) electrons. The lowest BCUT2D eigenvalue weighted by atomic mass is 10.3. The Labute approximate surface area is 77.9 Å². The molecule has 80 valence electrons. The summed E-state index contributed by atoms with van der Waals surface area (Å²) in [5.41, 5.74) is 0. The summed E-state index contributed by atoms with van der Waals surface area (Å²) < 4.78 is 0. The van der Waals surface area contributed by atoms with Crippen LogP contribution >= 0.6 is 0 Å². The predicted octanol–water partition coefficient (Wildman–Crippen LogP) is 0.552. The van der Waals surface area contributed by atoms with Crippen molar-refractivity contribution >= 4 is 5.97 Å². The molecule has 0 heterocycles. The van der Waals surface area contributed by atoms with Crippen LogP contribution in [-0.4, -0.2) is 34.2 Å². The van der Waals surface area contributed by atoms with Gasteiger partial charge < -0.3 is 15.1 Å². The third kappa shape index (κ3) is 18.4. The molecular formula is C8H18O5. The van der Waals surface area contributed by atoms with Crippen molar-refractivity contribution in [3.63, 3.8) is 0 Å². The van der Waals surface area contributed by atoms with Crippen molar-refractivity contribution in [3.8, 4) is 0 Å². The van der Waals surface area contributed by atoms with E-state index in [4.69, 9.17) is 15.5 Å². The molecule has 0 bridgehead atoms. The van der Waals surface area contributed by atoms with E-state index in [0.717, 1.165) is 0 Å².